The molecule has 27 heavy (non-hydrogen) atoms. The summed E-state index contributed by atoms with van der Waals surface area (Å²) in [4.78, 5) is 0. The highest BCUT2D eigenvalue weighted by atomic mass is 19.4. The average Bonchev–Trinajstić information content (AvgIpc) is 2.46. The Hall–Kier alpha value is -1.33. The number of hydrogen-bond donors (Lipinski definition) is 0. The fourth-order valence-electron chi connectivity index (χ4n) is 1.88. The summed E-state index contributed by atoms with van der Waals surface area (Å²) in [6.45, 7) is 6.65. The zero-order valence-electron chi connectivity index (χ0n) is 15.5. The third-order valence-corrected chi connectivity index (χ3v) is 3.42. The molecule has 0 aromatic heterocycles. The molecule has 0 saturated heterocycles. The molecule has 0 fully saturated rings. The van der Waals surface area contributed by atoms with Crippen molar-refractivity contribution in [2.75, 3.05) is 0 Å². The van der Waals surface area contributed by atoms with Gasteiger partial charge in [0.25, 0.3) is 0 Å². The maximum Gasteiger partial charge on any atom is 0.460 e. The Bertz CT molecular complexity index is 566. The summed E-state index contributed by atoms with van der Waals surface area (Å²) in [7, 11) is 0. The third-order valence-electron chi connectivity index (χ3n) is 3.42. The van der Waals surface area contributed by atoms with Gasteiger partial charge < -0.3 is 0 Å². The number of hydrogen-bond acceptors (Lipinski definition) is 0. The largest absolute Gasteiger partial charge is 0.460 e. The van der Waals surface area contributed by atoms with Gasteiger partial charge in [0.1, 0.15) is 0 Å². The van der Waals surface area contributed by atoms with Crippen LogP contribution in [0.1, 0.15) is 59.8 Å². The van der Waals surface area contributed by atoms with Crippen LogP contribution in [0.2, 0.25) is 0 Å². The van der Waals surface area contributed by atoms with E-state index in [0.29, 0.717) is 6.42 Å². The van der Waals surface area contributed by atoms with Crippen molar-refractivity contribution in [1.29, 1.82) is 0 Å². The molecule has 0 amide bonds. The van der Waals surface area contributed by atoms with Gasteiger partial charge >= 0.3 is 23.9 Å². The number of allylic oxidation sites excluding steroid dienone is 2. The number of unbranched alkanes of at least 4 members (excludes halogenated alkanes) is 3. The van der Waals surface area contributed by atoms with Crippen molar-refractivity contribution in [3.63, 3.8) is 0 Å². The van der Waals surface area contributed by atoms with Gasteiger partial charge in [-0.2, -0.15) is 39.5 Å². The van der Waals surface area contributed by atoms with Crippen LogP contribution < -0.4 is 0 Å². The van der Waals surface area contributed by atoms with Gasteiger partial charge in [-0.25, -0.2) is 0 Å². The second-order valence-electron chi connectivity index (χ2n) is 7.25. The Balaban J connectivity index is 5.94. The van der Waals surface area contributed by atoms with Crippen LogP contribution in [0.5, 0.6) is 0 Å². The topological polar surface area (TPSA) is 0 Å². The van der Waals surface area contributed by atoms with Crippen molar-refractivity contribution < 1.29 is 39.5 Å². The summed E-state index contributed by atoms with van der Waals surface area (Å²) in [6, 6.07) is 0. The zero-order valence-corrected chi connectivity index (χ0v) is 15.5. The van der Waals surface area contributed by atoms with E-state index in [-0.39, 0.29) is 12.8 Å². The third kappa shape index (κ3) is 6.96. The zero-order chi connectivity index (χ0) is 21.7. The van der Waals surface area contributed by atoms with Crippen molar-refractivity contribution in [3.05, 3.63) is 11.6 Å². The van der Waals surface area contributed by atoms with Crippen molar-refractivity contribution in [2.45, 2.75) is 83.7 Å². The van der Waals surface area contributed by atoms with Gasteiger partial charge in [-0.1, -0.05) is 38.0 Å². The second kappa shape index (κ2) is 8.78. The minimum absolute atomic E-state index is 0.230. The first-order valence-corrected chi connectivity index (χ1v) is 8.34. The van der Waals surface area contributed by atoms with E-state index in [0.717, 1.165) is 12.8 Å². The standard InChI is InChI=1S/C18H23F9/c1-5-6-7-8-9-13(10-11-14(2,3)4)12-15(19,20)16(21,22)17(23,24)18(25,26)27/h12H,5-9H2,1-4H3/b13-12+. The van der Waals surface area contributed by atoms with Gasteiger partial charge in [-0.3, -0.25) is 0 Å². The summed E-state index contributed by atoms with van der Waals surface area (Å²) in [5.41, 5.74) is -1.31. The Morgan fingerprint density at radius 3 is 1.70 bits per heavy atom. The van der Waals surface area contributed by atoms with Gasteiger partial charge in [0.15, 0.2) is 0 Å². The lowest BCUT2D eigenvalue weighted by molar-refractivity contribution is -0.388. The van der Waals surface area contributed by atoms with Crippen LogP contribution in [0.4, 0.5) is 39.5 Å². The molecule has 0 bridgehead atoms. The van der Waals surface area contributed by atoms with E-state index in [1.807, 2.05) is 6.92 Å². The molecule has 0 nitrogen and oxygen atoms in total. The molecule has 0 aromatic carbocycles. The van der Waals surface area contributed by atoms with Crippen molar-refractivity contribution in [2.24, 2.45) is 5.41 Å². The van der Waals surface area contributed by atoms with Gasteiger partial charge in [-0.15, -0.1) is 0 Å². The van der Waals surface area contributed by atoms with Crippen molar-refractivity contribution in [1.82, 2.24) is 0 Å². The second-order valence-corrected chi connectivity index (χ2v) is 7.25. The fraction of sp³-hybridized carbons (Fsp3) is 0.778. The summed E-state index contributed by atoms with van der Waals surface area (Å²) in [6.07, 6.45) is -5.30. The molecule has 0 radical (unpaired) electrons. The van der Waals surface area contributed by atoms with Crippen LogP contribution in [-0.2, 0) is 0 Å². The Kier molecular flexibility index (Phi) is 8.35. The molecule has 0 spiro atoms. The average molecular weight is 410 g/mol. The summed E-state index contributed by atoms with van der Waals surface area (Å²) >= 11 is 0. The lowest BCUT2D eigenvalue weighted by atomic mass is 9.95. The van der Waals surface area contributed by atoms with Crippen LogP contribution >= 0.6 is 0 Å². The van der Waals surface area contributed by atoms with Crippen molar-refractivity contribution >= 4 is 0 Å². The molecule has 0 atom stereocenters. The molecular weight excluding hydrogens is 387 g/mol. The SMILES string of the molecule is CCCCCC/C(C#CC(C)(C)C)=C\C(F)(F)C(F)(F)C(F)(F)C(F)(F)F. The van der Waals surface area contributed by atoms with Gasteiger partial charge in [0.2, 0.25) is 0 Å². The lowest BCUT2D eigenvalue weighted by Gasteiger charge is -2.32. The molecule has 0 N–H and O–H groups in total. The molecule has 0 aromatic rings. The molecule has 0 heterocycles. The first-order valence-electron chi connectivity index (χ1n) is 8.34. The normalized spacial score (nSPS) is 14.8. The molecule has 0 rings (SSSR count). The Labute approximate surface area is 153 Å². The summed E-state index contributed by atoms with van der Waals surface area (Å²) < 4.78 is 117. The van der Waals surface area contributed by atoms with Crippen LogP contribution in [0.3, 0.4) is 0 Å². The van der Waals surface area contributed by atoms with E-state index in [9.17, 15) is 39.5 Å². The Morgan fingerprint density at radius 2 is 1.30 bits per heavy atom. The highest BCUT2D eigenvalue weighted by Gasteiger charge is 2.81. The highest BCUT2D eigenvalue weighted by molar-refractivity contribution is 5.33. The minimum atomic E-state index is -6.90. The van der Waals surface area contributed by atoms with Gasteiger partial charge in [0, 0.05) is 17.1 Å². The summed E-state index contributed by atoms with van der Waals surface area (Å²) in [5, 5.41) is 0. The van der Waals surface area contributed by atoms with E-state index in [1.165, 1.54) is 0 Å². The predicted molar refractivity (Wildman–Crippen MR) is 85.0 cm³/mol. The quantitative estimate of drug-likeness (QED) is 0.222. The van der Waals surface area contributed by atoms with E-state index in [1.54, 1.807) is 20.8 Å². The molecule has 0 saturated carbocycles. The van der Waals surface area contributed by atoms with Crippen LogP contribution in [0.25, 0.3) is 0 Å². The number of halogens is 9. The fourth-order valence-corrected chi connectivity index (χ4v) is 1.88. The summed E-state index contributed by atoms with van der Waals surface area (Å²) in [5.74, 6) is -14.6. The van der Waals surface area contributed by atoms with E-state index in [2.05, 4.69) is 11.8 Å². The highest BCUT2D eigenvalue weighted by Crippen LogP contribution is 2.53. The minimum Gasteiger partial charge on any atom is -0.195 e. The first-order chi connectivity index (χ1) is 11.9. The molecular formula is C18H23F9. The van der Waals surface area contributed by atoms with Crippen LogP contribution in [0, 0.1) is 17.3 Å². The van der Waals surface area contributed by atoms with E-state index in [4.69, 9.17) is 0 Å². The van der Waals surface area contributed by atoms with Crippen molar-refractivity contribution in [3.8, 4) is 11.8 Å². The van der Waals surface area contributed by atoms with E-state index >= 15 is 0 Å². The molecule has 0 aliphatic carbocycles. The lowest BCUT2D eigenvalue weighted by Crippen LogP contribution is -2.60. The van der Waals surface area contributed by atoms with Gasteiger partial charge in [0.05, 0.1) is 0 Å². The van der Waals surface area contributed by atoms with Crippen LogP contribution in [-0.4, -0.2) is 23.9 Å². The number of alkyl halides is 9. The maximum absolute atomic E-state index is 13.8. The molecule has 0 aliphatic rings. The maximum atomic E-state index is 13.8. The monoisotopic (exact) mass is 410 g/mol. The molecule has 9 heteroatoms. The van der Waals surface area contributed by atoms with E-state index < -0.39 is 41.0 Å². The predicted octanol–water partition coefficient (Wildman–Crippen LogP) is 7.40. The Morgan fingerprint density at radius 1 is 0.778 bits per heavy atom. The molecule has 0 unspecified atom stereocenters. The molecule has 0 aliphatic heterocycles. The first kappa shape index (κ1) is 25.7. The smallest absolute Gasteiger partial charge is 0.195 e. The molecule has 158 valence electrons. The number of rotatable bonds is 8. The van der Waals surface area contributed by atoms with Crippen LogP contribution in [0.15, 0.2) is 11.6 Å². The van der Waals surface area contributed by atoms with Gasteiger partial charge in [-0.05, 0) is 33.6 Å².